The molecule has 2 nitrogen and oxygen atoms in total. The molecule has 0 aromatic carbocycles. The number of aliphatic hydroxyl groups is 1. The summed E-state index contributed by atoms with van der Waals surface area (Å²) in [7, 11) is 0. The Morgan fingerprint density at radius 2 is 2.05 bits per heavy atom. The van der Waals surface area contributed by atoms with Crippen molar-refractivity contribution >= 4 is 5.78 Å². The smallest absolute Gasteiger partial charge is 0.136 e. The van der Waals surface area contributed by atoms with Crippen molar-refractivity contribution in [2.24, 2.45) is 17.3 Å². The van der Waals surface area contributed by atoms with Crippen LogP contribution in [-0.4, -0.2) is 16.5 Å². The highest BCUT2D eigenvalue weighted by Crippen LogP contribution is 2.63. The van der Waals surface area contributed by atoms with E-state index in [1.165, 1.54) is 24.8 Å². The summed E-state index contributed by atoms with van der Waals surface area (Å²) in [6.45, 7) is 5.69. The van der Waals surface area contributed by atoms with Crippen LogP contribution in [0.4, 0.5) is 0 Å². The van der Waals surface area contributed by atoms with Gasteiger partial charge in [-0.3, -0.25) is 4.79 Å². The first-order chi connectivity index (χ1) is 9.82. The first-order valence-corrected chi connectivity index (χ1v) is 8.28. The number of fused-ring (bicyclic) bond motifs is 1. The van der Waals surface area contributed by atoms with Crippen LogP contribution in [0.3, 0.4) is 0 Å². The van der Waals surface area contributed by atoms with Gasteiger partial charge in [-0.2, -0.15) is 0 Å². The number of rotatable bonds is 2. The molecule has 21 heavy (non-hydrogen) atoms. The fraction of sp³-hybridized carbons (Fsp3) is 0.737. The van der Waals surface area contributed by atoms with Gasteiger partial charge in [0.15, 0.2) is 0 Å². The summed E-state index contributed by atoms with van der Waals surface area (Å²) in [5.74, 6) is 7.42. The molecule has 2 heteroatoms. The maximum Gasteiger partial charge on any atom is 0.136 e. The monoisotopic (exact) mass is 286 g/mol. The Labute approximate surface area is 128 Å². The maximum absolute atomic E-state index is 12.2. The van der Waals surface area contributed by atoms with Gasteiger partial charge in [-0.1, -0.05) is 23.0 Å². The van der Waals surface area contributed by atoms with E-state index >= 15 is 0 Å². The average Bonchev–Trinajstić information content (AvgIpc) is 3.04. The van der Waals surface area contributed by atoms with Gasteiger partial charge in [0.25, 0.3) is 0 Å². The Morgan fingerprint density at radius 1 is 1.33 bits per heavy atom. The van der Waals surface area contributed by atoms with Crippen LogP contribution in [0.1, 0.15) is 65.7 Å². The zero-order chi connectivity index (χ0) is 15.3. The second-order valence-electron chi connectivity index (χ2n) is 7.79. The van der Waals surface area contributed by atoms with Crippen LogP contribution in [0.25, 0.3) is 0 Å². The maximum atomic E-state index is 12.2. The van der Waals surface area contributed by atoms with Gasteiger partial charge >= 0.3 is 0 Å². The van der Waals surface area contributed by atoms with E-state index in [9.17, 15) is 9.90 Å². The number of allylic oxidation sites excluding steroid dienone is 2. The molecule has 0 saturated heterocycles. The molecule has 0 amide bonds. The number of carbonyl (C=O) groups excluding carboxylic acids is 1. The molecule has 2 unspecified atom stereocenters. The molecule has 2 saturated carbocycles. The zero-order valence-electron chi connectivity index (χ0n) is 13.5. The van der Waals surface area contributed by atoms with Gasteiger partial charge in [0, 0.05) is 24.2 Å². The lowest BCUT2D eigenvalue weighted by molar-refractivity contribution is -0.125. The Bertz CT molecular complexity index is 546. The van der Waals surface area contributed by atoms with Crippen molar-refractivity contribution in [1.82, 2.24) is 0 Å². The van der Waals surface area contributed by atoms with Crippen LogP contribution in [0.2, 0.25) is 0 Å². The minimum atomic E-state index is -0.904. The van der Waals surface area contributed by atoms with Crippen LogP contribution in [0.15, 0.2) is 11.1 Å². The molecule has 3 rings (SSSR count). The molecule has 2 atom stereocenters. The molecule has 0 heterocycles. The third kappa shape index (κ3) is 2.81. The van der Waals surface area contributed by atoms with Crippen molar-refractivity contribution in [1.29, 1.82) is 0 Å². The second-order valence-corrected chi connectivity index (χ2v) is 7.79. The van der Waals surface area contributed by atoms with Crippen LogP contribution in [-0.2, 0) is 4.79 Å². The molecule has 0 aromatic heterocycles. The largest absolute Gasteiger partial charge is 0.378 e. The van der Waals surface area contributed by atoms with Gasteiger partial charge in [0.2, 0.25) is 0 Å². The van der Waals surface area contributed by atoms with Gasteiger partial charge in [-0.05, 0) is 58.8 Å². The topological polar surface area (TPSA) is 37.3 Å². The van der Waals surface area contributed by atoms with Crippen molar-refractivity contribution in [3.63, 3.8) is 0 Å². The van der Waals surface area contributed by atoms with Crippen molar-refractivity contribution in [2.75, 3.05) is 0 Å². The third-order valence-corrected chi connectivity index (χ3v) is 5.44. The highest BCUT2D eigenvalue weighted by atomic mass is 16.3. The van der Waals surface area contributed by atoms with E-state index < -0.39 is 5.60 Å². The molecular weight excluding hydrogens is 260 g/mol. The highest BCUT2D eigenvalue weighted by molar-refractivity contribution is 5.83. The molecule has 3 aliphatic carbocycles. The lowest BCUT2D eigenvalue weighted by atomic mass is 9.73. The van der Waals surface area contributed by atoms with Crippen LogP contribution in [0, 0.1) is 29.1 Å². The third-order valence-electron chi connectivity index (χ3n) is 5.44. The minimum absolute atomic E-state index is 0.235. The van der Waals surface area contributed by atoms with Gasteiger partial charge in [-0.25, -0.2) is 0 Å². The number of hydrogen-bond donors (Lipinski definition) is 1. The molecule has 1 N–H and O–H groups in total. The van der Waals surface area contributed by atoms with Gasteiger partial charge in [0.1, 0.15) is 11.4 Å². The molecule has 2 fully saturated rings. The lowest BCUT2D eigenvalue weighted by Crippen LogP contribution is -2.28. The van der Waals surface area contributed by atoms with Crippen LogP contribution >= 0.6 is 0 Å². The molecule has 3 aliphatic rings. The molecule has 0 spiro atoms. The van der Waals surface area contributed by atoms with Crippen molar-refractivity contribution < 1.29 is 9.90 Å². The summed E-state index contributed by atoms with van der Waals surface area (Å²) in [6.07, 6.45) is 7.27. The normalized spacial score (nSPS) is 30.8. The fourth-order valence-corrected chi connectivity index (χ4v) is 4.43. The van der Waals surface area contributed by atoms with Crippen molar-refractivity contribution in [3.8, 4) is 11.8 Å². The Kier molecular flexibility index (Phi) is 3.53. The van der Waals surface area contributed by atoms with Gasteiger partial charge < -0.3 is 5.11 Å². The second kappa shape index (κ2) is 4.99. The number of Topliss-reactive ketones (excluding diaryl/α,β-unsaturated/α-hetero) is 1. The molecule has 0 aliphatic heterocycles. The van der Waals surface area contributed by atoms with E-state index in [0.717, 1.165) is 25.7 Å². The van der Waals surface area contributed by atoms with E-state index in [4.69, 9.17) is 0 Å². The van der Waals surface area contributed by atoms with E-state index in [0.29, 0.717) is 11.7 Å². The first kappa shape index (κ1) is 14.9. The van der Waals surface area contributed by atoms with E-state index in [1.807, 2.05) is 0 Å². The van der Waals surface area contributed by atoms with Gasteiger partial charge in [-0.15, -0.1) is 0 Å². The zero-order valence-corrected chi connectivity index (χ0v) is 13.5. The average molecular weight is 286 g/mol. The van der Waals surface area contributed by atoms with Gasteiger partial charge in [0.05, 0.1) is 0 Å². The molecular formula is C19H26O2. The van der Waals surface area contributed by atoms with Crippen molar-refractivity contribution in [3.05, 3.63) is 11.1 Å². The van der Waals surface area contributed by atoms with Crippen LogP contribution < -0.4 is 0 Å². The molecule has 114 valence electrons. The molecule has 0 bridgehead atoms. The van der Waals surface area contributed by atoms with E-state index in [2.05, 4.69) is 18.8 Å². The number of ketones is 1. The minimum Gasteiger partial charge on any atom is -0.378 e. The number of hydrogen-bond acceptors (Lipinski definition) is 2. The number of carbonyl (C=O) groups is 1. The van der Waals surface area contributed by atoms with E-state index in [1.54, 1.807) is 19.4 Å². The first-order valence-electron chi connectivity index (χ1n) is 8.28. The Balaban J connectivity index is 1.80. The SMILES string of the molecule is CC1=C(C2(CC#CC(C)(C)O)CC2)C2CCCC(=O)C2C1. The standard InChI is InChI=1S/C19H26O2/c1-13-12-15-14(6-4-7-16(15)20)17(13)19(10-11-19)9-5-8-18(2,3)21/h14-15,21H,4,6-7,9-12H2,1-3H3. The fourth-order valence-electron chi connectivity index (χ4n) is 4.43. The quantitative estimate of drug-likeness (QED) is 0.621. The molecule has 0 aromatic rings. The lowest BCUT2D eigenvalue weighted by Gasteiger charge is -2.30. The summed E-state index contributed by atoms with van der Waals surface area (Å²) >= 11 is 0. The summed E-state index contributed by atoms with van der Waals surface area (Å²) < 4.78 is 0. The summed E-state index contributed by atoms with van der Waals surface area (Å²) in [5.41, 5.74) is 2.37. The van der Waals surface area contributed by atoms with Crippen LogP contribution in [0.5, 0.6) is 0 Å². The molecule has 0 radical (unpaired) electrons. The summed E-state index contributed by atoms with van der Waals surface area (Å²) in [4.78, 5) is 12.2. The Hall–Kier alpha value is -1.07. The highest BCUT2D eigenvalue weighted by Gasteiger charge is 2.53. The summed E-state index contributed by atoms with van der Waals surface area (Å²) in [6, 6.07) is 0. The Morgan fingerprint density at radius 3 is 2.67 bits per heavy atom. The summed E-state index contributed by atoms with van der Waals surface area (Å²) in [5, 5.41) is 9.74. The van der Waals surface area contributed by atoms with Crippen molar-refractivity contribution in [2.45, 2.75) is 71.3 Å². The predicted molar refractivity (Wildman–Crippen MR) is 83.5 cm³/mol. The predicted octanol–water partition coefficient (Wildman–Crippen LogP) is 3.64. The van der Waals surface area contributed by atoms with E-state index in [-0.39, 0.29) is 11.3 Å².